The van der Waals surface area contributed by atoms with E-state index in [0.29, 0.717) is 0 Å². The average molecular weight is 228 g/mol. The minimum absolute atomic E-state index is 0.793. The Bertz CT molecular complexity index is 458. The molecule has 1 aromatic rings. The largest absolute Gasteiger partial charge is 0.293 e. The maximum Gasteiger partial charge on any atom is 0.0719 e. The van der Waals surface area contributed by atoms with E-state index in [4.69, 9.17) is 4.99 Å². The first kappa shape index (κ1) is 12.0. The molecule has 90 valence electrons. The highest BCUT2D eigenvalue weighted by molar-refractivity contribution is 6.04. The van der Waals surface area contributed by atoms with Crippen LogP contribution in [0.4, 0.5) is 5.69 Å². The van der Waals surface area contributed by atoms with Gasteiger partial charge in [-0.2, -0.15) is 0 Å². The molecule has 2 rings (SSSR count). The van der Waals surface area contributed by atoms with E-state index in [9.17, 15) is 0 Å². The molecule has 0 heterocycles. The van der Waals surface area contributed by atoms with E-state index in [2.05, 4.69) is 24.0 Å². The third kappa shape index (κ3) is 2.82. The smallest absolute Gasteiger partial charge is 0.0719 e. The minimum Gasteiger partial charge on any atom is -0.293 e. The van der Waals surface area contributed by atoms with Gasteiger partial charge >= 0.3 is 0 Å². The van der Waals surface area contributed by atoms with Crippen molar-refractivity contribution in [1.82, 2.24) is 0 Å². The van der Waals surface area contributed by atoms with Crippen molar-refractivity contribution in [2.45, 2.75) is 33.1 Å². The number of rotatable bonds is 2. The second kappa shape index (κ2) is 5.26. The highest BCUT2D eigenvalue weighted by Crippen LogP contribution is 2.27. The summed E-state index contributed by atoms with van der Waals surface area (Å²) in [7, 11) is 1.83. The number of hydrogen-bond donors (Lipinski definition) is 0. The maximum absolute atomic E-state index is 4.81. The fraction of sp³-hybridized carbons (Fsp3) is 0.467. The molecule has 0 radical (unpaired) electrons. The number of benzene rings is 1. The molecule has 1 fully saturated rings. The summed E-state index contributed by atoms with van der Waals surface area (Å²) in [4.78, 5) is 9.07. The van der Waals surface area contributed by atoms with E-state index in [1.165, 1.54) is 12.1 Å². The predicted molar refractivity (Wildman–Crippen MR) is 74.7 cm³/mol. The zero-order valence-electron chi connectivity index (χ0n) is 10.9. The quantitative estimate of drug-likeness (QED) is 0.683. The number of para-hydroxylation sites is 1. The van der Waals surface area contributed by atoms with E-state index in [1.807, 2.05) is 26.1 Å². The summed E-state index contributed by atoms with van der Waals surface area (Å²) in [6.45, 7) is 4.34. The van der Waals surface area contributed by atoms with Gasteiger partial charge in [-0.3, -0.25) is 9.98 Å². The maximum atomic E-state index is 4.81. The van der Waals surface area contributed by atoms with Crippen LogP contribution in [0, 0.1) is 5.92 Å². The summed E-state index contributed by atoms with van der Waals surface area (Å²) in [6, 6.07) is 8.27. The lowest BCUT2D eigenvalue weighted by atomic mass is 10.1. The third-order valence-corrected chi connectivity index (χ3v) is 3.42. The number of aliphatic imine (C=N–C) groups is 2. The van der Waals surface area contributed by atoms with E-state index in [1.54, 1.807) is 0 Å². The fourth-order valence-electron chi connectivity index (χ4n) is 2.29. The van der Waals surface area contributed by atoms with Crippen LogP contribution < -0.4 is 0 Å². The molecule has 1 atom stereocenters. The van der Waals surface area contributed by atoms with Gasteiger partial charge in [-0.15, -0.1) is 0 Å². The van der Waals surface area contributed by atoms with Crippen LogP contribution in [0.3, 0.4) is 0 Å². The Morgan fingerprint density at radius 3 is 2.71 bits per heavy atom. The summed E-state index contributed by atoms with van der Waals surface area (Å²) < 4.78 is 0. The lowest BCUT2D eigenvalue weighted by Crippen LogP contribution is -1.96. The van der Waals surface area contributed by atoms with Gasteiger partial charge in [0.05, 0.1) is 5.69 Å². The van der Waals surface area contributed by atoms with Crippen molar-refractivity contribution in [3.8, 4) is 0 Å². The summed E-state index contributed by atoms with van der Waals surface area (Å²) in [6.07, 6.45) is 3.58. The van der Waals surface area contributed by atoms with E-state index in [0.717, 1.165) is 35.7 Å². The Morgan fingerprint density at radius 1 is 1.29 bits per heavy atom. The molecule has 0 N–H and O–H groups in total. The van der Waals surface area contributed by atoms with Crippen molar-refractivity contribution in [1.29, 1.82) is 0 Å². The Morgan fingerprint density at radius 2 is 2.06 bits per heavy atom. The molecular formula is C15H20N2. The standard InChI is InChI=1S/C15H20N2/c1-11-8-9-13(10-11)17-15-7-5-4-6-14(15)12(2)16-3/h4-7,11H,8-10H2,1-3H3. The number of hydrogen-bond acceptors (Lipinski definition) is 2. The summed E-state index contributed by atoms with van der Waals surface area (Å²) in [5.41, 5.74) is 4.62. The van der Waals surface area contributed by atoms with Crippen molar-refractivity contribution in [2.75, 3.05) is 7.05 Å². The molecule has 1 saturated carbocycles. The second-order valence-electron chi connectivity index (χ2n) is 4.85. The molecule has 2 nitrogen and oxygen atoms in total. The van der Waals surface area contributed by atoms with Crippen LogP contribution in [-0.4, -0.2) is 18.5 Å². The van der Waals surface area contributed by atoms with Crippen LogP contribution in [0.5, 0.6) is 0 Å². The molecule has 1 aliphatic rings. The molecule has 1 aromatic carbocycles. The van der Waals surface area contributed by atoms with E-state index >= 15 is 0 Å². The number of nitrogens with zero attached hydrogens (tertiary/aromatic N) is 2. The van der Waals surface area contributed by atoms with Gasteiger partial charge in [-0.05, 0) is 38.2 Å². The first-order valence-electron chi connectivity index (χ1n) is 6.30. The van der Waals surface area contributed by atoms with Crippen LogP contribution in [0.15, 0.2) is 34.3 Å². The molecular weight excluding hydrogens is 208 g/mol. The van der Waals surface area contributed by atoms with Gasteiger partial charge in [-0.25, -0.2) is 0 Å². The highest BCUT2D eigenvalue weighted by atomic mass is 14.8. The van der Waals surface area contributed by atoms with Crippen LogP contribution >= 0.6 is 0 Å². The SMILES string of the molecule is CN=C(C)c1ccccc1N=C1CCC(C)C1. The molecule has 0 spiro atoms. The molecule has 0 saturated heterocycles. The monoisotopic (exact) mass is 228 g/mol. The van der Waals surface area contributed by atoms with Crippen molar-refractivity contribution in [3.63, 3.8) is 0 Å². The van der Waals surface area contributed by atoms with Gasteiger partial charge in [0, 0.05) is 24.0 Å². The Kier molecular flexibility index (Phi) is 3.72. The average Bonchev–Trinajstić information content (AvgIpc) is 2.74. The van der Waals surface area contributed by atoms with Crippen LogP contribution in [-0.2, 0) is 0 Å². The molecule has 2 heteroatoms. The van der Waals surface area contributed by atoms with Crippen LogP contribution in [0.2, 0.25) is 0 Å². The lowest BCUT2D eigenvalue weighted by molar-refractivity contribution is 0.623. The van der Waals surface area contributed by atoms with Crippen molar-refractivity contribution < 1.29 is 0 Å². The molecule has 1 aliphatic carbocycles. The van der Waals surface area contributed by atoms with Crippen LogP contribution in [0.25, 0.3) is 0 Å². The van der Waals surface area contributed by atoms with E-state index < -0.39 is 0 Å². The van der Waals surface area contributed by atoms with Gasteiger partial charge in [0.2, 0.25) is 0 Å². The minimum atomic E-state index is 0.793. The van der Waals surface area contributed by atoms with Crippen molar-refractivity contribution >= 4 is 17.1 Å². The second-order valence-corrected chi connectivity index (χ2v) is 4.85. The lowest BCUT2D eigenvalue weighted by Gasteiger charge is -2.05. The van der Waals surface area contributed by atoms with Crippen molar-refractivity contribution in [2.24, 2.45) is 15.9 Å². The first-order chi connectivity index (χ1) is 8.20. The Balaban J connectivity index is 2.33. The molecule has 0 aliphatic heterocycles. The fourth-order valence-corrected chi connectivity index (χ4v) is 2.29. The van der Waals surface area contributed by atoms with Crippen molar-refractivity contribution in [3.05, 3.63) is 29.8 Å². The zero-order valence-corrected chi connectivity index (χ0v) is 10.9. The predicted octanol–water partition coefficient (Wildman–Crippen LogP) is 4.02. The zero-order chi connectivity index (χ0) is 12.3. The Hall–Kier alpha value is -1.44. The summed E-state index contributed by atoms with van der Waals surface area (Å²) >= 11 is 0. The Labute approximate surface area is 104 Å². The molecule has 17 heavy (non-hydrogen) atoms. The molecule has 1 unspecified atom stereocenters. The van der Waals surface area contributed by atoms with E-state index in [-0.39, 0.29) is 0 Å². The van der Waals surface area contributed by atoms with Crippen LogP contribution in [0.1, 0.15) is 38.7 Å². The van der Waals surface area contributed by atoms with Gasteiger partial charge in [0.15, 0.2) is 0 Å². The molecule has 0 aromatic heterocycles. The summed E-state index contributed by atoms with van der Waals surface area (Å²) in [5, 5.41) is 0. The normalized spacial score (nSPS) is 23.4. The topological polar surface area (TPSA) is 24.7 Å². The third-order valence-electron chi connectivity index (χ3n) is 3.42. The van der Waals surface area contributed by atoms with Gasteiger partial charge in [-0.1, -0.05) is 25.1 Å². The van der Waals surface area contributed by atoms with Gasteiger partial charge in [0.1, 0.15) is 0 Å². The summed E-state index contributed by atoms with van der Waals surface area (Å²) in [5.74, 6) is 0.793. The molecule has 0 amide bonds. The van der Waals surface area contributed by atoms with Gasteiger partial charge in [0.25, 0.3) is 0 Å². The molecule has 0 bridgehead atoms. The first-order valence-corrected chi connectivity index (χ1v) is 6.30. The van der Waals surface area contributed by atoms with Gasteiger partial charge < -0.3 is 0 Å². The highest BCUT2D eigenvalue weighted by Gasteiger charge is 2.16.